The Labute approximate surface area is 117 Å². The fraction of sp³-hybridized carbons (Fsp3) is 0.615. The van der Waals surface area contributed by atoms with Gasteiger partial charge in [-0.25, -0.2) is 4.98 Å². The van der Waals surface area contributed by atoms with Crippen LogP contribution in [-0.2, 0) is 4.79 Å². The lowest BCUT2D eigenvalue weighted by Crippen LogP contribution is -2.45. The predicted molar refractivity (Wildman–Crippen MR) is 74.1 cm³/mol. The van der Waals surface area contributed by atoms with Crippen molar-refractivity contribution >= 4 is 23.2 Å². The second-order valence-electron chi connectivity index (χ2n) is 4.79. The van der Waals surface area contributed by atoms with Crippen molar-refractivity contribution in [3.8, 4) is 0 Å². The van der Waals surface area contributed by atoms with Crippen molar-refractivity contribution in [3.05, 3.63) is 16.6 Å². The Kier molecular flexibility index (Phi) is 4.90. The summed E-state index contributed by atoms with van der Waals surface area (Å²) in [5.41, 5.74) is 2.22. The summed E-state index contributed by atoms with van der Waals surface area (Å²) in [6.07, 6.45) is 4.02. The summed E-state index contributed by atoms with van der Waals surface area (Å²) >= 11 is 1.44. The lowest BCUT2D eigenvalue weighted by Gasteiger charge is -2.35. The topological polar surface area (TPSA) is 62.3 Å². The van der Waals surface area contributed by atoms with Gasteiger partial charge in [-0.05, 0) is 25.7 Å². The molecule has 0 saturated carbocycles. The van der Waals surface area contributed by atoms with Crippen molar-refractivity contribution in [2.75, 3.05) is 13.1 Å². The fourth-order valence-electron chi connectivity index (χ4n) is 2.45. The summed E-state index contributed by atoms with van der Waals surface area (Å²) in [6.45, 7) is 2.93. The molecule has 1 saturated heterocycles. The quantitative estimate of drug-likeness (QED) is 0.913. The minimum absolute atomic E-state index is 0.0202. The van der Waals surface area contributed by atoms with E-state index >= 15 is 0 Å². The van der Waals surface area contributed by atoms with Crippen LogP contribution in [0.1, 0.15) is 43.1 Å². The van der Waals surface area contributed by atoms with Crippen LogP contribution in [0.5, 0.6) is 0 Å². The van der Waals surface area contributed by atoms with Gasteiger partial charge < -0.3 is 10.2 Å². The average molecular weight is 281 g/mol. The van der Waals surface area contributed by atoms with Crippen LogP contribution in [0.25, 0.3) is 0 Å². The first-order chi connectivity index (χ1) is 9.18. The molecule has 5 nitrogen and oxygen atoms in total. The maximum atomic E-state index is 12.4. The normalized spacial score (nSPS) is 19.2. The Bertz CT molecular complexity index is 433. The third kappa shape index (κ3) is 3.76. The average Bonchev–Trinajstić information content (AvgIpc) is 2.92. The summed E-state index contributed by atoms with van der Waals surface area (Å²) < 4.78 is 0. The number of nitrogens with one attached hydrogen (secondary N) is 1. The van der Waals surface area contributed by atoms with E-state index in [1.807, 2.05) is 4.90 Å². The van der Waals surface area contributed by atoms with E-state index < -0.39 is 0 Å². The van der Waals surface area contributed by atoms with Crippen molar-refractivity contribution in [2.45, 2.75) is 38.6 Å². The first kappa shape index (κ1) is 14.0. The molecule has 0 aliphatic carbocycles. The zero-order chi connectivity index (χ0) is 13.7. The molecular weight excluding hydrogens is 262 g/mol. The Morgan fingerprint density at radius 2 is 2.37 bits per heavy atom. The van der Waals surface area contributed by atoms with Gasteiger partial charge >= 0.3 is 0 Å². The third-order valence-corrected chi connectivity index (χ3v) is 3.98. The van der Waals surface area contributed by atoms with Gasteiger partial charge in [0.25, 0.3) is 5.91 Å². The highest BCUT2D eigenvalue weighted by Crippen LogP contribution is 2.21. The van der Waals surface area contributed by atoms with E-state index in [1.54, 1.807) is 10.9 Å². The number of carbonyl (C=O) groups excluding carboxylic acids is 2. The zero-order valence-corrected chi connectivity index (χ0v) is 11.9. The van der Waals surface area contributed by atoms with Gasteiger partial charge in [-0.2, -0.15) is 0 Å². The number of thiazole rings is 1. The molecule has 0 radical (unpaired) electrons. The van der Waals surface area contributed by atoms with Crippen LogP contribution in [0.15, 0.2) is 10.9 Å². The largest absolute Gasteiger partial charge is 0.356 e. The highest BCUT2D eigenvalue weighted by Gasteiger charge is 2.27. The summed E-state index contributed by atoms with van der Waals surface area (Å²) in [7, 11) is 0. The van der Waals surface area contributed by atoms with E-state index in [9.17, 15) is 9.59 Å². The van der Waals surface area contributed by atoms with Crippen LogP contribution in [0, 0.1) is 0 Å². The van der Waals surface area contributed by atoms with E-state index in [0.717, 1.165) is 32.2 Å². The number of aromatic nitrogens is 1. The summed E-state index contributed by atoms with van der Waals surface area (Å²) in [6, 6.07) is 0.217. The molecule has 1 aromatic heterocycles. The molecule has 2 rings (SSSR count). The molecule has 1 aromatic rings. The molecule has 19 heavy (non-hydrogen) atoms. The van der Waals surface area contributed by atoms with Crippen molar-refractivity contribution in [3.63, 3.8) is 0 Å². The molecule has 0 unspecified atom stereocenters. The molecule has 1 aliphatic heterocycles. The Balaban J connectivity index is 1.95. The second kappa shape index (κ2) is 6.65. The summed E-state index contributed by atoms with van der Waals surface area (Å²) in [5.74, 6) is 0.00182. The molecule has 1 aliphatic rings. The number of piperidine rings is 1. The third-order valence-electron chi connectivity index (χ3n) is 3.39. The van der Waals surface area contributed by atoms with E-state index in [1.165, 1.54) is 18.3 Å². The summed E-state index contributed by atoms with van der Waals surface area (Å²) in [5, 5.41) is 4.59. The highest BCUT2D eigenvalue weighted by atomic mass is 32.1. The Morgan fingerprint density at radius 3 is 3.05 bits per heavy atom. The van der Waals surface area contributed by atoms with Crippen molar-refractivity contribution in [1.82, 2.24) is 15.2 Å². The molecule has 1 fully saturated rings. The number of hydrogen-bond donors (Lipinski definition) is 1. The Hall–Kier alpha value is -1.43. The number of carbonyl (C=O) groups is 2. The Morgan fingerprint density at radius 1 is 1.53 bits per heavy atom. The smallest absolute Gasteiger partial charge is 0.273 e. The van der Waals surface area contributed by atoms with E-state index in [0.29, 0.717) is 12.2 Å². The van der Waals surface area contributed by atoms with Gasteiger partial charge in [0.15, 0.2) is 0 Å². The number of rotatable bonds is 4. The zero-order valence-electron chi connectivity index (χ0n) is 11.1. The molecule has 1 N–H and O–H groups in total. The molecule has 2 heterocycles. The molecule has 2 amide bonds. The van der Waals surface area contributed by atoms with Gasteiger partial charge in [0.1, 0.15) is 5.69 Å². The van der Waals surface area contributed by atoms with Crippen LogP contribution >= 0.6 is 11.3 Å². The van der Waals surface area contributed by atoms with E-state index in [2.05, 4.69) is 10.3 Å². The van der Waals surface area contributed by atoms with Gasteiger partial charge in [-0.3, -0.25) is 9.59 Å². The van der Waals surface area contributed by atoms with Crippen LogP contribution in [0.2, 0.25) is 0 Å². The lowest BCUT2D eigenvalue weighted by molar-refractivity contribution is -0.119. The maximum Gasteiger partial charge on any atom is 0.273 e. The van der Waals surface area contributed by atoms with Crippen LogP contribution < -0.4 is 5.32 Å². The molecule has 0 bridgehead atoms. The first-order valence-electron chi connectivity index (χ1n) is 6.62. The fourth-order valence-corrected chi connectivity index (χ4v) is 2.97. The SMILES string of the molecule is CC(=O)NCC[C@@H]1CCCCN1C(=O)c1cscn1. The number of nitrogens with zero attached hydrogens (tertiary/aromatic N) is 2. The second-order valence-corrected chi connectivity index (χ2v) is 5.51. The predicted octanol–water partition coefficient (Wildman–Crippen LogP) is 1.66. The minimum Gasteiger partial charge on any atom is -0.356 e. The molecule has 0 spiro atoms. The number of hydrogen-bond acceptors (Lipinski definition) is 4. The van der Waals surface area contributed by atoms with E-state index in [4.69, 9.17) is 0 Å². The van der Waals surface area contributed by atoms with E-state index in [-0.39, 0.29) is 17.9 Å². The molecule has 1 atom stereocenters. The molecular formula is C13H19N3O2S. The van der Waals surface area contributed by atoms with Crippen LogP contribution in [0.3, 0.4) is 0 Å². The lowest BCUT2D eigenvalue weighted by atomic mass is 9.99. The van der Waals surface area contributed by atoms with Gasteiger partial charge in [0.05, 0.1) is 5.51 Å². The van der Waals surface area contributed by atoms with Crippen LogP contribution in [0.4, 0.5) is 0 Å². The standard InChI is InChI=1S/C13H19N3O2S/c1-10(17)14-6-5-11-4-2-3-7-16(11)13(18)12-8-19-9-15-12/h8-9,11H,2-7H2,1H3,(H,14,17)/t11-/m0/s1. The van der Waals surface area contributed by atoms with Crippen molar-refractivity contribution < 1.29 is 9.59 Å². The summed E-state index contributed by atoms with van der Waals surface area (Å²) in [4.78, 5) is 29.2. The molecule has 104 valence electrons. The van der Waals surface area contributed by atoms with Crippen LogP contribution in [-0.4, -0.2) is 40.8 Å². The first-order valence-corrected chi connectivity index (χ1v) is 7.56. The molecule has 6 heteroatoms. The van der Waals surface area contributed by atoms with Gasteiger partial charge in [-0.15, -0.1) is 11.3 Å². The minimum atomic E-state index is -0.0202. The molecule has 0 aromatic carbocycles. The monoisotopic (exact) mass is 281 g/mol. The highest BCUT2D eigenvalue weighted by molar-refractivity contribution is 7.07. The van der Waals surface area contributed by atoms with Crippen molar-refractivity contribution in [2.24, 2.45) is 0 Å². The van der Waals surface area contributed by atoms with Crippen molar-refractivity contribution in [1.29, 1.82) is 0 Å². The number of amides is 2. The van der Waals surface area contributed by atoms with Gasteiger partial charge in [0, 0.05) is 31.4 Å². The van der Waals surface area contributed by atoms with Gasteiger partial charge in [0.2, 0.25) is 5.91 Å². The maximum absolute atomic E-state index is 12.4. The van der Waals surface area contributed by atoms with Gasteiger partial charge in [-0.1, -0.05) is 0 Å². The number of likely N-dealkylation sites (tertiary alicyclic amines) is 1.